The number of benzene rings is 1. The highest BCUT2D eigenvalue weighted by molar-refractivity contribution is 6.30. The summed E-state index contributed by atoms with van der Waals surface area (Å²) in [6, 6.07) is 3.66. The number of anilines is 1. The molecule has 7 heteroatoms. The van der Waals surface area contributed by atoms with Crippen LogP contribution in [0, 0.1) is 11.7 Å². The van der Waals surface area contributed by atoms with Crippen LogP contribution >= 0.6 is 11.6 Å². The van der Waals surface area contributed by atoms with Gasteiger partial charge >= 0.3 is 12.0 Å². The second-order valence-corrected chi connectivity index (χ2v) is 5.16. The fourth-order valence-electron chi connectivity index (χ4n) is 2.21. The van der Waals surface area contributed by atoms with Gasteiger partial charge < -0.3 is 15.3 Å². The molecule has 0 aromatic heterocycles. The van der Waals surface area contributed by atoms with Crippen LogP contribution in [-0.2, 0) is 4.79 Å². The zero-order valence-corrected chi connectivity index (χ0v) is 11.4. The van der Waals surface area contributed by atoms with Gasteiger partial charge in [0, 0.05) is 25.2 Å². The van der Waals surface area contributed by atoms with Crippen LogP contribution in [0.3, 0.4) is 0 Å². The standard InChI is InChI=1S/C13H14ClFN2O3/c14-10-2-1-9(6-11(10)15)16-13(20)17-4-3-8(7-17)5-12(18)19/h1-2,6,8H,3-5,7H2,(H,16,20)(H,18,19). The minimum absolute atomic E-state index is 0.00862. The van der Waals surface area contributed by atoms with Crippen molar-refractivity contribution in [1.29, 1.82) is 0 Å². The molecular formula is C13H14ClFN2O3. The van der Waals surface area contributed by atoms with E-state index in [1.54, 1.807) is 0 Å². The molecule has 1 heterocycles. The number of amides is 2. The summed E-state index contributed by atoms with van der Waals surface area (Å²) in [4.78, 5) is 24.1. The maximum absolute atomic E-state index is 13.3. The van der Waals surface area contributed by atoms with Gasteiger partial charge in [0.15, 0.2) is 0 Å². The second-order valence-electron chi connectivity index (χ2n) is 4.76. The number of nitrogens with zero attached hydrogens (tertiary/aromatic N) is 1. The number of urea groups is 1. The van der Waals surface area contributed by atoms with E-state index < -0.39 is 11.8 Å². The van der Waals surface area contributed by atoms with E-state index in [-0.39, 0.29) is 23.4 Å². The molecule has 1 atom stereocenters. The molecule has 2 rings (SSSR count). The Morgan fingerprint density at radius 3 is 2.90 bits per heavy atom. The lowest BCUT2D eigenvalue weighted by molar-refractivity contribution is -0.138. The molecule has 1 saturated heterocycles. The van der Waals surface area contributed by atoms with Gasteiger partial charge in [0.05, 0.1) is 5.02 Å². The molecule has 20 heavy (non-hydrogen) atoms. The first-order valence-corrected chi connectivity index (χ1v) is 6.56. The summed E-state index contributed by atoms with van der Waals surface area (Å²) in [5, 5.41) is 11.3. The van der Waals surface area contributed by atoms with Crippen molar-refractivity contribution in [2.45, 2.75) is 12.8 Å². The van der Waals surface area contributed by atoms with E-state index in [9.17, 15) is 14.0 Å². The SMILES string of the molecule is O=C(O)CC1CCN(C(=O)Nc2ccc(Cl)c(F)c2)C1. The number of halogens is 2. The van der Waals surface area contributed by atoms with Crippen LogP contribution in [0.5, 0.6) is 0 Å². The Morgan fingerprint density at radius 2 is 2.25 bits per heavy atom. The summed E-state index contributed by atoms with van der Waals surface area (Å²) in [5.41, 5.74) is 0.318. The van der Waals surface area contributed by atoms with Gasteiger partial charge in [-0.05, 0) is 30.5 Å². The van der Waals surface area contributed by atoms with Crippen molar-refractivity contribution >= 4 is 29.3 Å². The molecule has 1 unspecified atom stereocenters. The van der Waals surface area contributed by atoms with Gasteiger partial charge in [-0.1, -0.05) is 11.6 Å². The van der Waals surface area contributed by atoms with E-state index in [0.29, 0.717) is 25.2 Å². The lowest BCUT2D eigenvalue weighted by Gasteiger charge is -2.17. The normalized spacial score (nSPS) is 18.1. The molecule has 5 nitrogen and oxygen atoms in total. The minimum Gasteiger partial charge on any atom is -0.481 e. The molecule has 0 saturated carbocycles. The van der Waals surface area contributed by atoms with Gasteiger partial charge in [0.2, 0.25) is 0 Å². The summed E-state index contributed by atoms with van der Waals surface area (Å²) in [6.07, 6.45) is 0.716. The predicted molar refractivity (Wildman–Crippen MR) is 72.4 cm³/mol. The summed E-state index contributed by atoms with van der Waals surface area (Å²) in [6.45, 7) is 0.897. The maximum atomic E-state index is 13.3. The van der Waals surface area contributed by atoms with Gasteiger partial charge in [-0.25, -0.2) is 9.18 Å². The fourth-order valence-corrected chi connectivity index (χ4v) is 2.32. The number of carbonyl (C=O) groups excluding carboxylic acids is 1. The molecule has 2 N–H and O–H groups in total. The Hall–Kier alpha value is -1.82. The van der Waals surface area contributed by atoms with Crippen LogP contribution in [0.2, 0.25) is 5.02 Å². The van der Waals surface area contributed by atoms with Crippen molar-refractivity contribution in [1.82, 2.24) is 4.90 Å². The van der Waals surface area contributed by atoms with Gasteiger partial charge in [-0.15, -0.1) is 0 Å². The highest BCUT2D eigenvalue weighted by Gasteiger charge is 2.27. The highest BCUT2D eigenvalue weighted by Crippen LogP contribution is 2.22. The molecule has 108 valence electrons. The monoisotopic (exact) mass is 300 g/mol. The number of likely N-dealkylation sites (tertiary alicyclic amines) is 1. The quantitative estimate of drug-likeness (QED) is 0.902. The molecule has 1 aliphatic heterocycles. The van der Waals surface area contributed by atoms with E-state index in [4.69, 9.17) is 16.7 Å². The number of hydrogen-bond donors (Lipinski definition) is 2. The summed E-state index contributed by atoms with van der Waals surface area (Å²) in [5.74, 6) is -1.49. The van der Waals surface area contributed by atoms with Gasteiger partial charge in [0.1, 0.15) is 5.82 Å². The van der Waals surface area contributed by atoms with Crippen LogP contribution in [0.15, 0.2) is 18.2 Å². The van der Waals surface area contributed by atoms with Crippen LogP contribution in [0.25, 0.3) is 0 Å². The van der Waals surface area contributed by atoms with Crippen molar-refractivity contribution in [3.8, 4) is 0 Å². The highest BCUT2D eigenvalue weighted by atomic mass is 35.5. The number of nitrogens with one attached hydrogen (secondary N) is 1. The van der Waals surface area contributed by atoms with Gasteiger partial charge in [0.25, 0.3) is 0 Å². The number of carboxylic acid groups (broad SMARTS) is 1. The Balaban J connectivity index is 1.92. The Bertz CT molecular complexity index is 538. The minimum atomic E-state index is -0.864. The van der Waals surface area contributed by atoms with E-state index in [1.165, 1.54) is 17.0 Å². The molecule has 1 aromatic rings. The molecule has 1 aromatic carbocycles. The average Bonchev–Trinajstić information content (AvgIpc) is 2.81. The Kier molecular flexibility index (Phi) is 4.44. The van der Waals surface area contributed by atoms with E-state index >= 15 is 0 Å². The molecule has 1 aliphatic rings. The largest absolute Gasteiger partial charge is 0.481 e. The van der Waals surface area contributed by atoms with E-state index in [0.717, 1.165) is 6.07 Å². The first kappa shape index (κ1) is 14.6. The number of carbonyl (C=O) groups is 2. The summed E-state index contributed by atoms with van der Waals surface area (Å²) >= 11 is 5.56. The summed E-state index contributed by atoms with van der Waals surface area (Å²) in [7, 11) is 0. The molecule has 1 fully saturated rings. The first-order valence-electron chi connectivity index (χ1n) is 6.18. The Labute approximate surface area is 120 Å². The smallest absolute Gasteiger partial charge is 0.321 e. The van der Waals surface area contributed by atoms with Crippen LogP contribution in [0.4, 0.5) is 14.9 Å². The predicted octanol–water partition coefficient (Wildman–Crippen LogP) is 2.81. The average molecular weight is 301 g/mol. The van der Waals surface area contributed by atoms with E-state index in [2.05, 4.69) is 5.32 Å². The van der Waals surface area contributed by atoms with Crippen LogP contribution < -0.4 is 5.32 Å². The maximum Gasteiger partial charge on any atom is 0.321 e. The van der Waals surface area contributed by atoms with Crippen molar-refractivity contribution in [3.63, 3.8) is 0 Å². The summed E-state index contributed by atoms with van der Waals surface area (Å²) < 4.78 is 13.3. The lowest BCUT2D eigenvalue weighted by Crippen LogP contribution is -2.33. The number of rotatable bonds is 3. The third kappa shape index (κ3) is 3.60. The van der Waals surface area contributed by atoms with Crippen LogP contribution in [0.1, 0.15) is 12.8 Å². The zero-order chi connectivity index (χ0) is 14.7. The third-order valence-electron chi connectivity index (χ3n) is 3.21. The van der Waals surface area contributed by atoms with Gasteiger partial charge in [-0.2, -0.15) is 0 Å². The number of hydrogen-bond acceptors (Lipinski definition) is 2. The Morgan fingerprint density at radius 1 is 1.50 bits per heavy atom. The third-order valence-corrected chi connectivity index (χ3v) is 3.51. The topological polar surface area (TPSA) is 69.6 Å². The zero-order valence-electron chi connectivity index (χ0n) is 10.6. The van der Waals surface area contributed by atoms with Crippen LogP contribution in [-0.4, -0.2) is 35.1 Å². The van der Waals surface area contributed by atoms with Crippen molar-refractivity contribution in [3.05, 3.63) is 29.0 Å². The molecule has 0 radical (unpaired) electrons. The molecule has 0 bridgehead atoms. The molecular weight excluding hydrogens is 287 g/mol. The lowest BCUT2D eigenvalue weighted by atomic mass is 10.1. The van der Waals surface area contributed by atoms with Crippen molar-refractivity contribution < 1.29 is 19.1 Å². The fraction of sp³-hybridized carbons (Fsp3) is 0.385. The molecule has 0 spiro atoms. The van der Waals surface area contributed by atoms with E-state index in [1.807, 2.05) is 0 Å². The van der Waals surface area contributed by atoms with Crippen molar-refractivity contribution in [2.24, 2.45) is 5.92 Å². The first-order chi connectivity index (χ1) is 9.45. The molecule has 2 amide bonds. The van der Waals surface area contributed by atoms with Crippen molar-refractivity contribution in [2.75, 3.05) is 18.4 Å². The number of carboxylic acids is 1. The second kappa shape index (κ2) is 6.09. The van der Waals surface area contributed by atoms with Gasteiger partial charge in [-0.3, -0.25) is 4.79 Å². The number of aliphatic carboxylic acids is 1. The molecule has 0 aliphatic carbocycles.